The van der Waals surface area contributed by atoms with Crippen molar-refractivity contribution in [3.05, 3.63) is 65.4 Å². The lowest BCUT2D eigenvalue weighted by molar-refractivity contribution is 0.255. The molecule has 0 N–H and O–H groups in total. The van der Waals surface area contributed by atoms with Crippen molar-refractivity contribution in [2.45, 2.75) is 18.7 Å². The summed E-state index contributed by atoms with van der Waals surface area (Å²) >= 11 is 1.54. The molecule has 0 aliphatic carbocycles. The number of aliphatic imine (C=N–C) groups is 1. The van der Waals surface area contributed by atoms with Crippen molar-refractivity contribution < 1.29 is 4.74 Å². The largest absolute Gasteiger partial charge is 0.485 e. The van der Waals surface area contributed by atoms with Gasteiger partial charge in [0.25, 0.3) is 0 Å². The van der Waals surface area contributed by atoms with Gasteiger partial charge < -0.3 is 4.74 Å². The lowest BCUT2D eigenvalue weighted by atomic mass is 10.3. The van der Waals surface area contributed by atoms with Gasteiger partial charge in [-0.15, -0.1) is 5.11 Å². The van der Waals surface area contributed by atoms with Crippen molar-refractivity contribution in [1.29, 1.82) is 0 Å². The second-order valence-electron chi connectivity index (χ2n) is 4.87. The van der Waals surface area contributed by atoms with Crippen LogP contribution in [0.25, 0.3) is 0 Å². The van der Waals surface area contributed by atoms with Gasteiger partial charge in [-0.2, -0.15) is 5.11 Å². The Kier molecular flexibility index (Phi) is 4.88. The first-order valence-corrected chi connectivity index (χ1v) is 8.26. The maximum absolute atomic E-state index is 5.80. The van der Waals surface area contributed by atoms with Gasteiger partial charge in [0.15, 0.2) is 10.8 Å². The quantitative estimate of drug-likeness (QED) is 0.660. The van der Waals surface area contributed by atoms with Gasteiger partial charge in [-0.05, 0) is 49.9 Å². The van der Waals surface area contributed by atoms with E-state index in [1.54, 1.807) is 0 Å². The first kappa shape index (κ1) is 15.5. The number of para-hydroxylation sites is 1. The van der Waals surface area contributed by atoms with Crippen molar-refractivity contribution in [3.63, 3.8) is 0 Å². The number of hydrogen-bond donors (Lipinski definition) is 0. The zero-order valence-corrected chi connectivity index (χ0v) is 13.9. The van der Waals surface area contributed by atoms with Crippen LogP contribution >= 0.6 is 11.8 Å². The van der Waals surface area contributed by atoms with Crippen LogP contribution in [0.3, 0.4) is 0 Å². The van der Waals surface area contributed by atoms with Crippen LogP contribution in [0.15, 0.2) is 85.5 Å². The molecular weight excluding hydrogens is 306 g/mol. The van der Waals surface area contributed by atoms with Crippen molar-refractivity contribution in [2.75, 3.05) is 6.61 Å². The average molecular weight is 323 g/mol. The van der Waals surface area contributed by atoms with Crippen molar-refractivity contribution in [2.24, 2.45) is 15.2 Å². The summed E-state index contributed by atoms with van der Waals surface area (Å²) in [5.41, 5.74) is 3.20. The van der Waals surface area contributed by atoms with Gasteiger partial charge in [0.05, 0.1) is 23.7 Å². The number of allylic oxidation sites excluding steroid dienone is 1. The van der Waals surface area contributed by atoms with Crippen LogP contribution < -0.4 is 0 Å². The maximum Gasteiger partial charge on any atom is 0.187 e. The Morgan fingerprint density at radius 2 is 1.74 bits per heavy atom. The molecule has 0 atom stereocenters. The summed E-state index contributed by atoms with van der Waals surface area (Å²) in [7, 11) is 0. The van der Waals surface area contributed by atoms with Crippen molar-refractivity contribution in [1.82, 2.24) is 0 Å². The van der Waals surface area contributed by atoms with Gasteiger partial charge in [-0.25, -0.2) is 0 Å². The predicted molar refractivity (Wildman–Crippen MR) is 94.7 cm³/mol. The molecule has 1 aliphatic heterocycles. The minimum atomic E-state index is 0.572. The molecule has 0 saturated heterocycles. The highest BCUT2D eigenvalue weighted by atomic mass is 32.2. The molecule has 23 heavy (non-hydrogen) atoms. The number of azo groups is 1. The molecule has 2 aromatic rings. The van der Waals surface area contributed by atoms with E-state index in [2.05, 4.69) is 15.2 Å². The van der Waals surface area contributed by atoms with Crippen LogP contribution in [0.1, 0.15) is 13.8 Å². The third-order valence-electron chi connectivity index (χ3n) is 3.19. The van der Waals surface area contributed by atoms with Gasteiger partial charge in [0.1, 0.15) is 0 Å². The summed E-state index contributed by atoms with van der Waals surface area (Å²) in [5, 5.41) is 9.45. The molecule has 3 rings (SSSR count). The fraction of sp³-hybridized carbons (Fsp3) is 0.167. The SMILES string of the molecule is CCOC1=C(N=Nc2ccccc2)C(C)=Nc2ccccc2S1. The normalized spacial score (nSPS) is 14.4. The van der Waals surface area contributed by atoms with E-state index in [0.29, 0.717) is 12.3 Å². The Balaban J connectivity index is 2.01. The number of thioether (sulfide) groups is 1. The van der Waals surface area contributed by atoms with Gasteiger partial charge in [-0.3, -0.25) is 4.99 Å². The van der Waals surface area contributed by atoms with Crippen LogP contribution in [0.4, 0.5) is 11.4 Å². The second-order valence-corrected chi connectivity index (χ2v) is 5.89. The monoisotopic (exact) mass is 323 g/mol. The summed E-state index contributed by atoms with van der Waals surface area (Å²) in [6.45, 7) is 4.46. The van der Waals surface area contributed by atoms with Crippen LogP contribution in [0.2, 0.25) is 0 Å². The fourth-order valence-corrected chi connectivity index (χ4v) is 3.14. The molecule has 116 valence electrons. The molecule has 0 saturated carbocycles. The second kappa shape index (κ2) is 7.24. The summed E-state index contributed by atoms with van der Waals surface area (Å²) in [4.78, 5) is 5.73. The Morgan fingerprint density at radius 1 is 1.00 bits per heavy atom. The van der Waals surface area contributed by atoms with E-state index in [1.807, 2.05) is 68.4 Å². The Hall–Kier alpha value is -2.40. The molecule has 0 amide bonds. The smallest absolute Gasteiger partial charge is 0.187 e. The lowest BCUT2D eigenvalue weighted by Gasteiger charge is -2.09. The number of fused-ring (bicyclic) bond motifs is 1. The van der Waals surface area contributed by atoms with Crippen LogP contribution in [0.5, 0.6) is 0 Å². The van der Waals surface area contributed by atoms with E-state index in [0.717, 1.165) is 27.1 Å². The van der Waals surface area contributed by atoms with Crippen molar-refractivity contribution >= 4 is 28.8 Å². The minimum absolute atomic E-state index is 0.572. The molecule has 0 fully saturated rings. The third-order valence-corrected chi connectivity index (χ3v) is 4.25. The molecule has 0 unspecified atom stereocenters. The van der Waals surface area contributed by atoms with E-state index in [-0.39, 0.29) is 0 Å². The molecule has 1 heterocycles. The number of ether oxygens (including phenoxy) is 1. The Morgan fingerprint density at radius 3 is 2.52 bits per heavy atom. The van der Waals surface area contributed by atoms with Crippen LogP contribution in [-0.4, -0.2) is 12.3 Å². The maximum atomic E-state index is 5.80. The van der Waals surface area contributed by atoms with Gasteiger partial charge in [0, 0.05) is 4.90 Å². The molecule has 5 heteroatoms. The minimum Gasteiger partial charge on any atom is -0.485 e. The molecule has 2 aromatic carbocycles. The highest BCUT2D eigenvalue weighted by Gasteiger charge is 2.19. The summed E-state index contributed by atoms with van der Waals surface area (Å²) in [6.07, 6.45) is 0. The first-order valence-electron chi connectivity index (χ1n) is 7.44. The number of nitrogens with zero attached hydrogens (tertiary/aromatic N) is 3. The number of benzene rings is 2. The average Bonchev–Trinajstić information content (AvgIpc) is 2.70. The lowest BCUT2D eigenvalue weighted by Crippen LogP contribution is -1.99. The van der Waals surface area contributed by atoms with E-state index < -0.39 is 0 Å². The first-order chi connectivity index (χ1) is 11.3. The summed E-state index contributed by atoms with van der Waals surface area (Å²) in [5.74, 6) is 0. The van der Waals surface area contributed by atoms with E-state index in [9.17, 15) is 0 Å². The predicted octanol–water partition coefficient (Wildman–Crippen LogP) is 5.87. The third kappa shape index (κ3) is 3.68. The van der Waals surface area contributed by atoms with Gasteiger partial charge in [-0.1, -0.05) is 30.3 Å². The molecule has 0 radical (unpaired) electrons. The molecule has 0 bridgehead atoms. The van der Waals surface area contributed by atoms with Crippen LogP contribution in [0, 0.1) is 0 Å². The molecule has 4 nitrogen and oxygen atoms in total. The molecular formula is C18H17N3OS. The summed E-state index contributed by atoms with van der Waals surface area (Å²) in [6, 6.07) is 17.7. The fourth-order valence-electron chi connectivity index (χ4n) is 2.11. The van der Waals surface area contributed by atoms with Gasteiger partial charge in [0.2, 0.25) is 0 Å². The topological polar surface area (TPSA) is 46.3 Å². The van der Waals surface area contributed by atoms with Crippen molar-refractivity contribution in [3.8, 4) is 0 Å². The number of hydrogen-bond acceptors (Lipinski definition) is 5. The standard InChI is InChI=1S/C18H17N3OS/c1-3-22-18-17(21-20-14-9-5-4-6-10-14)13(2)19-15-11-7-8-12-16(15)23-18/h4-12H,3H2,1-2H3. The van der Waals surface area contributed by atoms with Gasteiger partial charge >= 0.3 is 0 Å². The molecule has 0 aromatic heterocycles. The molecule has 0 spiro atoms. The zero-order chi connectivity index (χ0) is 16.1. The Labute approximate surface area is 140 Å². The summed E-state index contributed by atoms with van der Waals surface area (Å²) < 4.78 is 5.80. The van der Waals surface area contributed by atoms with Crippen LogP contribution in [-0.2, 0) is 4.74 Å². The van der Waals surface area contributed by atoms with E-state index >= 15 is 0 Å². The van der Waals surface area contributed by atoms with E-state index in [4.69, 9.17) is 4.74 Å². The number of rotatable bonds is 4. The zero-order valence-electron chi connectivity index (χ0n) is 13.1. The highest BCUT2D eigenvalue weighted by Crippen LogP contribution is 2.40. The molecule has 1 aliphatic rings. The van der Waals surface area contributed by atoms with E-state index in [1.165, 1.54) is 11.8 Å². The highest BCUT2D eigenvalue weighted by molar-refractivity contribution is 8.03. The Bertz CT molecular complexity index is 782.